The molecular weight excluding hydrogens is 434 g/mol. The second-order valence-corrected chi connectivity index (χ2v) is 9.43. The molecule has 1 aromatic heterocycles. The Morgan fingerprint density at radius 1 is 1.09 bits per heavy atom. The molecule has 5 heterocycles. The zero-order chi connectivity index (χ0) is 22.9. The van der Waals surface area contributed by atoms with E-state index in [1.54, 1.807) is 0 Å². The Hall–Kier alpha value is -2.02. The summed E-state index contributed by atoms with van der Waals surface area (Å²) in [5.41, 5.74) is 6.19. The number of hydrogen-bond acceptors (Lipinski definition) is 8. The smallest absolute Gasteiger partial charge is 0.259 e. The van der Waals surface area contributed by atoms with Crippen LogP contribution in [0, 0.1) is 0 Å². The number of hydrogen-bond donors (Lipinski definition) is 4. The molecule has 4 unspecified atom stereocenters. The van der Waals surface area contributed by atoms with Crippen molar-refractivity contribution >= 4 is 17.5 Å². The highest BCUT2D eigenvalue weighted by Gasteiger charge is 2.41. The molecule has 1 aromatic rings. The molecule has 3 fully saturated rings. The van der Waals surface area contributed by atoms with Gasteiger partial charge in [0.2, 0.25) is 0 Å². The minimum absolute atomic E-state index is 0.0475. The van der Waals surface area contributed by atoms with Crippen molar-refractivity contribution in [2.24, 2.45) is 0 Å². The molecule has 0 saturated carbocycles. The SMILES string of the molecule is Nc1nn2c(c1C(=O)NC1CNCC(F)C1N1CCN(C3CCOCC3)CC1)NCC(F)C2. The molecule has 10 nitrogen and oxygen atoms in total. The third-order valence-electron chi connectivity index (χ3n) is 7.35. The van der Waals surface area contributed by atoms with Gasteiger partial charge in [-0.05, 0) is 12.8 Å². The van der Waals surface area contributed by atoms with E-state index in [1.165, 1.54) is 4.68 Å². The number of aromatic nitrogens is 2. The maximum atomic E-state index is 15.1. The van der Waals surface area contributed by atoms with Gasteiger partial charge in [-0.1, -0.05) is 0 Å². The van der Waals surface area contributed by atoms with E-state index in [0.29, 0.717) is 18.4 Å². The standard InChI is InChI=1S/C21H34F2N8O2/c22-13-9-26-20-17(19(24)28-31(20)12-13)21(32)27-16-11-25-10-15(23)18(16)30-5-3-29(4-6-30)14-1-7-33-8-2-14/h13-16,18,25-26H,1-12H2,(H2,24,28)(H,27,32). The number of halogens is 2. The molecule has 3 saturated heterocycles. The number of carbonyl (C=O) groups excluding carboxylic acids is 1. The summed E-state index contributed by atoms with van der Waals surface area (Å²) >= 11 is 0. The van der Waals surface area contributed by atoms with Crippen molar-refractivity contribution in [3.05, 3.63) is 5.56 Å². The van der Waals surface area contributed by atoms with Crippen LogP contribution in [0.3, 0.4) is 0 Å². The lowest BCUT2D eigenvalue weighted by atomic mass is 9.95. The summed E-state index contributed by atoms with van der Waals surface area (Å²) in [7, 11) is 0. The second-order valence-electron chi connectivity index (χ2n) is 9.43. The predicted octanol–water partition coefficient (Wildman–Crippen LogP) is -0.566. The Kier molecular flexibility index (Phi) is 6.68. The van der Waals surface area contributed by atoms with Crippen LogP contribution in [0.15, 0.2) is 0 Å². The summed E-state index contributed by atoms with van der Waals surface area (Å²) in [6.45, 7) is 5.81. The number of alkyl halides is 2. The molecule has 0 spiro atoms. The van der Waals surface area contributed by atoms with Gasteiger partial charge >= 0.3 is 0 Å². The number of carbonyl (C=O) groups is 1. The first kappa shape index (κ1) is 22.8. The van der Waals surface area contributed by atoms with Crippen molar-refractivity contribution < 1.29 is 18.3 Å². The molecular formula is C21H34F2N8O2. The van der Waals surface area contributed by atoms with Gasteiger partial charge in [-0.2, -0.15) is 5.10 Å². The Labute approximate surface area is 192 Å². The van der Waals surface area contributed by atoms with E-state index in [4.69, 9.17) is 10.5 Å². The molecule has 0 aromatic carbocycles. The summed E-state index contributed by atoms with van der Waals surface area (Å²) in [5.74, 6) is 0.0534. The molecule has 4 atom stereocenters. The van der Waals surface area contributed by atoms with E-state index in [9.17, 15) is 9.18 Å². The number of amides is 1. The first-order valence-electron chi connectivity index (χ1n) is 12.0. The summed E-state index contributed by atoms with van der Waals surface area (Å²) in [6.07, 6.45) is -0.0899. The van der Waals surface area contributed by atoms with E-state index < -0.39 is 30.3 Å². The van der Waals surface area contributed by atoms with Gasteiger partial charge in [-0.25, -0.2) is 13.5 Å². The number of rotatable bonds is 4. The lowest BCUT2D eigenvalue weighted by Gasteiger charge is -2.47. The highest BCUT2D eigenvalue weighted by molar-refractivity contribution is 6.03. The van der Waals surface area contributed by atoms with E-state index in [2.05, 4.69) is 30.8 Å². The number of nitrogen functional groups attached to an aromatic ring is 1. The summed E-state index contributed by atoms with van der Waals surface area (Å²) in [4.78, 5) is 17.8. The number of nitrogens with two attached hydrogens (primary N) is 1. The zero-order valence-corrected chi connectivity index (χ0v) is 18.8. The van der Waals surface area contributed by atoms with Crippen molar-refractivity contribution in [1.29, 1.82) is 0 Å². The quantitative estimate of drug-likeness (QED) is 0.465. The minimum atomic E-state index is -1.09. The third kappa shape index (κ3) is 4.66. The predicted molar refractivity (Wildman–Crippen MR) is 120 cm³/mol. The fourth-order valence-corrected chi connectivity index (χ4v) is 5.66. The topological polar surface area (TPSA) is 113 Å². The van der Waals surface area contributed by atoms with Crippen LogP contribution in [0.5, 0.6) is 0 Å². The molecule has 184 valence electrons. The van der Waals surface area contributed by atoms with Gasteiger partial charge in [0.1, 0.15) is 23.7 Å². The Bertz CT molecular complexity index is 840. The van der Waals surface area contributed by atoms with E-state index in [1.807, 2.05) is 0 Å². The lowest BCUT2D eigenvalue weighted by molar-refractivity contribution is -0.0139. The van der Waals surface area contributed by atoms with Crippen LogP contribution >= 0.6 is 0 Å². The van der Waals surface area contributed by atoms with Crippen molar-refractivity contribution in [3.8, 4) is 0 Å². The normalized spacial score (nSPS) is 32.2. The van der Waals surface area contributed by atoms with Crippen LogP contribution < -0.4 is 21.7 Å². The van der Waals surface area contributed by atoms with Crippen molar-refractivity contribution in [1.82, 2.24) is 30.2 Å². The molecule has 5 N–H and O–H groups in total. The van der Waals surface area contributed by atoms with Crippen molar-refractivity contribution in [3.63, 3.8) is 0 Å². The second kappa shape index (κ2) is 9.69. The van der Waals surface area contributed by atoms with Gasteiger partial charge in [0.15, 0.2) is 5.82 Å². The van der Waals surface area contributed by atoms with Gasteiger partial charge in [0.05, 0.1) is 18.6 Å². The molecule has 12 heteroatoms. The number of fused-ring (bicyclic) bond motifs is 1. The molecule has 33 heavy (non-hydrogen) atoms. The number of anilines is 2. The number of piperidine rings is 1. The molecule has 5 rings (SSSR count). The maximum absolute atomic E-state index is 15.1. The van der Waals surface area contributed by atoms with Crippen LogP contribution in [0.1, 0.15) is 23.2 Å². The number of ether oxygens (including phenoxy) is 1. The molecule has 4 aliphatic heterocycles. The van der Waals surface area contributed by atoms with Crippen LogP contribution in [0.2, 0.25) is 0 Å². The van der Waals surface area contributed by atoms with Crippen molar-refractivity contribution in [2.45, 2.75) is 49.9 Å². The highest BCUT2D eigenvalue weighted by Crippen LogP contribution is 2.27. The van der Waals surface area contributed by atoms with Gasteiger partial charge in [-0.3, -0.25) is 14.6 Å². The average Bonchev–Trinajstić information content (AvgIpc) is 3.15. The highest BCUT2D eigenvalue weighted by atomic mass is 19.1. The fraction of sp³-hybridized carbons (Fsp3) is 0.810. The zero-order valence-electron chi connectivity index (χ0n) is 18.8. The molecule has 1 amide bonds. The number of nitrogens with zero attached hydrogens (tertiary/aromatic N) is 4. The average molecular weight is 469 g/mol. The Balaban J connectivity index is 1.26. The van der Waals surface area contributed by atoms with Crippen LogP contribution in [-0.2, 0) is 11.3 Å². The van der Waals surface area contributed by atoms with Crippen molar-refractivity contribution in [2.75, 3.05) is 70.1 Å². The monoisotopic (exact) mass is 468 g/mol. The first-order chi connectivity index (χ1) is 16.0. The Morgan fingerprint density at radius 3 is 2.58 bits per heavy atom. The van der Waals surface area contributed by atoms with E-state index in [0.717, 1.165) is 52.2 Å². The van der Waals surface area contributed by atoms with Gasteiger partial charge in [-0.15, -0.1) is 0 Å². The third-order valence-corrected chi connectivity index (χ3v) is 7.35. The fourth-order valence-electron chi connectivity index (χ4n) is 5.66. The van der Waals surface area contributed by atoms with Crippen LogP contribution in [0.25, 0.3) is 0 Å². The Morgan fingerprint density at radius 2 is 1.82 bits per heavy atom. The first-order valence-corrected chi connectivity index (χ1v) is 12.0. The largest absolute Gasteiger partial charge is 0.381 e. The van der Waals surface area contributed by atoms with E-state index >= 15 is 4.39 Å². The molecule has 0 aliphatic carbocycles. The molecule has 0 radical (unpaired) electrons. The van der Waals surface area contributed by atoms with Gasteiger partial charge in [0.25, 0.3) is 5.91 Å². The summed E-state index contributed by atoms with van der Waals surface area (Å²) < 4.78 is 35.7. The lowest BCUT2D eigenvalue weighted by Crippen LogP contribution is -2.67. The van der Waals surface area contributed by atoms with Crippen LogP contribution in [0.4, 0.5) is 20.4 Å². The summed E-state index contributed by atoms with van der Waals surface area (Å²) in [5, 5.41) is 13.1. The summed E-state index contributed by atoms with van der Waals surface area (Å²) in [6, 6.07) is -0.287. The molecule has 4 aliphatic rings. The number of nitrogens with one attached hydrogen (secondary N) is 3. The van der Waals surface area contributed by atoms with Crippen LogP contribution in [-0.4, -0.2) is 115 Å². The number of piperazine rings is 1. The molecule has 0 bridgehead atoms. The van der Waals surface area contributed by atoms with Gasteiger partial charge in [0, 0.05) is 65.1 Å². The minimum Gasteiger partial charge on any atom is -0.381 e. The van der Waals surface area contributed by atoms with E-state index in [-0.39, 0.29) is 31.0 Å². The maximum Gasteiger partial charge on any atom is 0.259 e. The van der Waals surface area contributed by atoms with Gasteiger partial charge < -0.3 is 26.4 Å².